The molecule has 1 aliphatic heterocycles. The Morgan fingerprint density at radius 2 is 1.75 bits per heavy atom. The number of benzene rings is 3. The van der Waals surface area contributed by atoms with E-state index in [1.165, 1.54) is 30.0 Å². The van der Waals surface area contributed by atoms with Gasteiger partial charge in [-0.1, -0.05) is 36.4 Å². The largest absolute Gasteiger partial charge is 0.378 e. The van der Waals surface area contributed by atoms with Gasteiger partial charge in [-0.2, -0.15) is 5.26 Å². The lowest BCUT2D eigenvalue weighted by molar-refractivity contribution is -0.129. The maximum atomic E-state index is 13.5. The van der Waals surface area contributed by atoms with Crippen molar-refractivity contribution in [1.82, 2.24) is 10.2 Å². The first kappa shape index (κ1) is 34.0. The third-order valence-electron chi connectivity index (χ3n) is 7.58. The van der Waals surface area contributed by atoms with E-state index in [2.05, 4.69) is 22.0 Å². The Hall–Kier alpha value is -5.38. The molecule has 3 aromatic carbocycles. The third-order valence-corrected chi connectivity index (χ3v) is 9.70. The average molecular weight is 679 g/mol. The summed E-state index contributed by atoms with van der Waals surface area (Å²) in [6.07, 6.45) is 2.20. The van der Waals surface area contributed by atoms with Crippen molar-refractivity contribution in [3.8, 4) is 6.07 Å². The molecular weight excluding hydrogens is 645 g/mol. The Morgan fingerprint density at radius 1 is 1.00 bits per heavy atom. The number of nitriles is 1. The fourth-order valence-electron chi connectivity index (χ4n) is 5.03. The van der Waals surface area contributed by atoms with Crippen molar-refractivity contribution >= 4 is 69.2 Å². The Kier molecular flexibility index (Phi) is 10.9. The fourth-order valence-corrected chi connectivity index (χ4v) is 7.01. The number of rotatable bonds is 10. The molecule has 0 saturated heterocycles. The van der Waals surface area contributed by atoms with Crippen LogP contribution in [0.15, 0.2) is 89.5 Å². The van der Waals surface area contributed by atoms with E-state index >= 15 is 0 Å². The summed E-state index contributed by atoms with van der Waals surface area (Å²) in [4.78, 5) is 56.6. The van der Waals surface area contributed by atoms with Crippen molar-refractivity contribution in [3.63, 3.8) is 0 Å². The molecule has 1 aliphatic rings. The zero-order valence-electron chi connectivity index (χ0n) is 26.7. The molecule has 2 heterocycles. The number of hydrogen-bond donors (Lipinski definition) is 3. The first-order valence-electron chi connectivity index (χ1n) is 15.1. The van der Waals surface area contributed by atoms with E-state index in [0.717, 1.165) is 26.6 Å². The summed E-state index contributed by atoms with van der Waals surface area (Å²) < 4.78 is 0. The SMILES string of the molecule is CC(=O)N1CCc2c(sc(NC(=O)CSc3cccc(NC(=O)/C(=C\c4ccc(N(C)C)cc4)NC(=O)c4ccccc4)c3)c2C#N)C1. The second kappa shape index (κ2) is 15.5. The number of anilines is 3. The van der Waals surface area contributed by atoms with Gasteiger partial charge in [-0.05, 0) is 66.1 Å². The van der Waals surface area contributed by atoms with Gasteiger partial charge in [0, 0.05) is 54.3 Å². The number of fused-ring (bicyclic) bond motifs is 1. The second-order valence-corrected chi connectivity index (χ2v) is 13.3. The molecule has 0 spiro atoms. The maximum absolute atomic E-state index is 13.5. The topological polar surface area (TPSA) is 135 Å². The van der Waals surface area contributed by atoms with Crippen molar-refractivity contribution in [2.75, 3.05) is 41.9 Å². The van der Waals surface area contributed by atoms with E-state index < -0.39 is 11.8 Å². The van der Waals surface area contributed by atoms with Gasteiger partial charge in [-0.3, -0.25) is 19.2 Å². The number of carbonyl (C=O) groups excluding carboxylic acids is 4. The highest BCUT2D eigenvalue weighted by atomic mass is 32.2. The van der Waals surface area contributed by atoms with E-state index in [1.807, 2.05) is 55.4 Å². The highest BCUT2D eigenvalue weighted by Gasteiger charge is 2.26. The first-order valence-corrected chi connectivity index (χ1v) is 16.9. The van der Waals surface area contributed by atoms with Crippen LogP contribution in [0.2, 0.25) is 0 Å². The molecule has 0 radical (unpaired) electrons. The summed E-state index contributed by atoms with van der Waals surface area (Å²) >= 11 is 2.61. The van der Waals surface area contributed by atoms with Gasteiger partial charge in [0.05, 0.1) is 17.9 Å². The normalized spacial score (nSPS) is 12.4. The molecule has 0 bridgehead atoms. The van der Waals surface area contributed by atoms with Gasteiger partial charge in [0.15, 0.2) is 0 Å². The van der Waals surface area contributed by atoms with Crippen LogP contribution < -0.4 is 20.9 Å². The monoisotopic (exact) mass is 678 g/mol. The smallest absolute Gasteiger partial charge is 0.272 e. The van der Waals surface area contributed by atoms with Crippen LogP contribution in [0, 0.1) is 11.3 Å². The fraction of sp³-hybridized carbons (Fsp3) is 0.194. The lowest BCUT2D eigenvalue weighted by Crippen LogP contribution is -2.33. The van der Waals surface area contributed by atoms with Crippen molar-refractivity contribution in [1.29, 1.82) is 5.26 Å². The van der Waals surface area contributed by atoms with Crippen LogP contribution in [0.4, 0.5) is 16.4 Å². The molecule has 1 aromatic heterocycles. The van der Waals surface area contributed by atoms with Crippen LogP contribution in [0.1, 0.15) is 38.8 Å². The van der Waals surface area contributed by atoms with Crippen LogP contribution in [-0.2, 0) is 27.3 Å². The Labute approximate surface area is 287 Å². The van der Waals surface area contributed by atoms with E-state index in [1.54, 1.807) is 53.4 Å². The van der Waals surface area contributed by atoms with E-state index in [-0.39, 0.29) is 23.3 Å². The number of nitrogens with one attached hydrogen (secondary N) is 3. The lowest BCUT2D eigenvalue weighted by Gasteiger charge is -2.25. The van der Waals surface area contributed by atoms with Gasteiger partial charge >= 0.3 is 0 Å². The standard InChI is InChI=1S/C36H34N6O4S2/c1-23(43)42-17-16-29-30(20-37)36(48-32(29)21-42)40-33(44)22-47-28-11-7-10-26(19-28)38-35(46)31(39-34(45)25-8-5-4-6-9-25)18-24-12-14-27(15-13-24)41(2)3/h4-15,18-19H,16-17,21-22H2,1-3H3,(H,38,46)(H,39,45)(H,40,44)/b31-18+. The predicted molar refractivity (Wildman–Crippen MR) is 191 cm³/mol. The van der Waals surface area contributed by atoms with Gasteiger partial charge in [0.1, 0.15) is 16.8 Å². The molecule has 0 atom stereocenters. The molecule has 5 rings (SSSR count). The molecule has 0 unspecified atom stereocenters. The zero-order chi connectivity index (χ0) is 34.2. The molecule has 0 saturated carbocycles. The predicted octanol–water partition coefficient (Wildman–Crippen LogP) is 5.73. The third kappa shape index (κ3) is 8.50. The average Bonchev–Trinajstić information content (AvgIpc) is 3.43. The number of amides is 4. The molecule has 0 fully saturated rings. The van der Waals surface area contributed by atoms with Gasteiger partial charge in [-0.15, -0.1) is 23.1 Å². The molecule has 10 nitrogen and oxygen atoms in total. The summed E-state index contributed by atoms with van der Waals surface area (Å²) in [5.74, 6) is -1.15. The molecule has 3 N–H and O–H groups in total. The Balaban J connectivity index is 1.26. The molecule has 244 valence electrons. The number of thiophene rings is 1. The minimum absolute atomic E-state index is 0.0212. The van der Waals surface area contributed by atoms with Gasteiger partial charge < -0.3 is 25.8 Å². The minimum Gasteiger partial charge on any atom is -0.378 e. The number of nitrogens with zero attached hydrogens (tertiary/aromatic N) is 3. The van der Waals surface area contributed by atoms with Crippen molar-refractivity contribution in [3.05, 3.63) is 112 Å². The number of thioether (sulfide) groups is 1. The molecule has 12 heteroatoms. The summed E-state index contributed by atoms with van der Waals surface area (Å²) in [5.41, 5.74) is 4.05. The van der Waals surface area contributed by atoms with Crippen molar-refractivity contribution in [2.24, 2.45) is 0 Å². The zero-order valence-corrected chi connectivity index (χ0v) is 28.3. The summed E-state index contributed by atoms with van der Waals surface area (Å²) in [6.45, 7) is 2.50. The maximum Gasteiger partial charge on any atom is 0.272 e. The highest BCUT2D eigenvalue weighted by Crippen LogP contribution is 2.37. The summed E-state index contributed by atoms with van der Waals surface area (Å²) in [5, 5.41) is 18.8. The molecule has 4 amide bonds. The molecule has 0 aliphatic carbocycles. The highest BCUT2D eigenvalue weighted by molar-refractivity contribution is 8.00. The van der Waals surface area contributed by atoms with Crippen molar-refractivity contribution < 1.29 is 19.2 Å². The molecule has 48 heavy (non-hydrogen) atoms. The van der Waals surface area contributed by atoms with Gasteiger partial charge in [0.25, 0.3) is 11.8 Å². The summed E-state index contributed by atoms with van der Waals surface area (Å²) in [7, 11) is 3.88. The quantitative estimate of drug-likeness (QED) is 0.144. The van der Waals surface area contributed by atoms with Crippen LogP contribution in [0.25, 0.3) is 6.08 Å². The van der Waals surface area contributed by atoms with Crippen LogP contribution in [-0.4, -0.2) is 54.9 Å². The molecule has 4 aromatic rings. The van der Waals surface area contributed by atoms with Crippen LogP contribution >= 0.6 is 23.1 Å². The minimum atomic E-state index is -0.509. The first-order chi connectivity index (χ1) is 23.1. The Morgan fingerprint density at radius 3 is 2.44 bits per heavy atom. The summed E-state index contributed by atoms with van der Waals surface area (Å²) in [6, 6.07) is 25.5. The van der Waals surface area contributed by atoms with Gasteiger partial charge in [0.2, 0.25) is 11.8 Å². The lowest BCUT2D eigenvalue weighted by atomic mass is 10.0. The molecular formula is C36H34N6O4S2. The van der Waals surface area contributed by atoms with E-state index in [0.29, 0.717) is 41.3 Å². The van der Waals surface area contributed by atoms with Crippen LogP contribution in [0.3, 0.4) is 0 Å². The number of carbonyl (C=O) groups is 4. The number of hydrogen-bond acceptors (Lipinski definition) is 8. The van der Waals surface area contributed by atoms with E-state index in [4.69, 9.17) is 0 Å². The van der Waals surface area contributed by atoms with Crippen LogP contribution in [0.5, 0.6) is 0 Å². The van der Waals surface area contributed by atoms with Crippen molar-refractivity contribution in [2.45, 2.75) is 24.8 Å². The Bertz CT molecular complexity index is 1910. The second-order valence-electron chi connectivity index (χ2n) is 11.2. The van der Waals surface area contributed by atoms with E-state index in [9.17, 15) is 24.4 Å². The van der Waals surface area contributed by atoms with Gasteiger partial charge in [-0.25, -0.2) is 0 Å².